The predicted molar refractivity (Wildman–Crippen MR) is 107 cm³/mol. The van der Waals surface area contributed by atoms with Crippen LogP contribution in [-0.4, -0.2) is 19.0 Å². The third-order valence-corrected chi connectivity index (χ3v) is 4.70. The number of rotatable bonds is 7. The smallest absolute Gasteiger partial charge is 0.220 e. The van der Waals surface area contributed by atoms with Crippen molar-refractivity contribution in [2.75, 3.05) is 13.1 Å². The lowest BCUT2D eigenvalue weighted by Gasteiger charge is -2.14. The first-order valence-corrected chi connectivity index (χ1v) is 9.01. The van der Waals surface area contributed by atoms with Gasteiger partial charge in [0.15, 0.2) is 0 Å². The van der Waals surface area contributed by atoms with Crippen molar-refractivity contribution in [3.05, 3.63) is 59.7 Å². The summed E-state index contributed by atoms with van der Waals surface area (Å²) in [6.07, 6.45) is 2.73. The third kappa shape index (κ3) is 5.75. The van der Waals surface area contributed by atoms with Gasteiger partial charge in [-0.05, 0) is 56.5 Å². The van der Waals surface area contributed by atoms with Crippen molar-refractivity contribution in [3.8, 4) is 11.5 Å². The Labute approximate surface area is 161 Å². The monoisotopic (exact) mass is 374 g/mol. The van der Waals surface area contributed by atoms with E-state index >= 15 is 0 Å². The lowest BCUT2D eigenvalue weighted by molar-refractivity contribution is -0.121. The van der Waals surface area contributed by atoms with Gasteiger partial charge >= 0.3 is 0 Å². The first kappa shape index (κ1) is 20.3. The molecule has 1 aliphatic rings. The minimum atomic E-state index is 0. The molecule has 1 aliphatic heterocycles. The molecule has 0 bridgehead atoms. The number of carbonyl (C=O) groups is 1. The molecule has 3 rings (SSSR count). The molecule has 1 saturated heterocycles. The molecule has 1 heterocycles. The molecule has 5 heteroatoms. The summed E-state index contributed by atoms with van der Waals surface area (Å²) in [5.41, 5.74) is 2.08. The number of hydrogen-bond acceptors (Lipinski definition) is 3. The molecule has 0 aromatic heterocycles. The van der Waals surface area contributed by atoms with Gasteiger partial charge in [0.05, 0.1) is 0 Å². The molecule has 0 aliphatic carbocycles. The first-order valence-electron chi connectivity index (χ1n) is 9.01. The number of para-hydroxylation sites is 2. The number of hydrogen-bond donors (Lipinski definition) is 2. The molecule has 1 fully saturated rings. The van der Waals surface area contributed by atoms with Gasteiger partial charge in [0.2, 0.25) is 5.91 Å². The Balaban J connectivity index is 0.00000243. The highest BCUT2D eigenvalue weighted by Crippen LogP contribution is 2.27. The molecule has 2 N–H and O–H groups in total. The molecule has 0 spiro atoms. The van der Waals surface area contributed by atoms with Crippen molar-refractivity contribution in [3.63, 3.8) is 0 Å². The molecule has 26 heavy (non-hydrogen) atoms. The van der Waals surface area contributed by atoms with Crippen LogP contribution in [0.3, 0.4) is 0 Å². The average Bonchev–Trinajstić information content (AvgIpc) is 3.15. The second-order valence-corrected chi connectivity index (χ2v) is 6.65. The quantitative estimate of drug-likeness (QED) is 0.763. The lowest BCUT2D eigenvalue weighted by Crippen LogP contribution is -2.23. The lowest BCUT2D eigenvalue weighted by atomic mass is 10.0. The zero-order valence-corrected chi connectivity index (χ0v) is 16.0. The Hall–Kier alpha value is -2.04. The number of ether oxygens (including phenoxy) is 1. The highest BCUT2D eigenvalue weighted by Gasteiger charge is 2.15. The number of benzene rings is 2. The number of carbonyl (C=O) groups excluding carboxylic acids is 1. The van der Waals surface area contributed by atoms with Gasteiger partial charge in [-0.2, -0.15) is 0 Å². The summed E-state index contributed by atoms with van der Waals surface area (Å²) in [7, 11) is 0. The zero-order valence-electron chi connectivity index (χ0n) is 15.2. The molecular weight excluding hydrogens is 348 g/mol. The maximum Gasteiger partial charge on any atom is 0.220 e. The van der Waals surface area contributed by atoms with E-state index in [0.29, 0.717) is 18.9 Å². The summed E-state index contributed by atoms with van der Waals surface area (Å²) in [4.78, 5) is 12.1. The van der Waals surface area contributed by atoms with E-state index in [-0.39, 0.29) is 18.3 Å². The maximum absolute atomic E-state index is 12.1. The van der Waals surface area contributed by atoms with E-state index in [1.807, 2.05) is 55.5 Å². The summed E-state index contributed by atoms with van der Waals surface area (Å²) in [5, 5.41) is 6.37. The average molecular weight is 375 g/mol. The molecule has 2 aromatic carbocycles. The summed E-state index contributed by atoms with van der Waals surface area (Å²) in [5.74, 6) is 2.38. The number of aryl methyl sites for hydroxylation is 1. The summed E-state index contributed by atoms with van der Waals surface area (Å²) < 4.78 is 6.05. The molecule has 1 amide bonds. The second kappa shape index (κ2) is 10.2. The normalized spacial score (nSPS) is 16.0. The van der Waals surface area contributed by atoms with Crippen LogP contribution < -0.4 is 15.4 Å². The van der Waals surface area contributed by atoms with E-state index in [2.05, 4.69) is 10.6 Å². The fourth-order valence-electron chi connectivity index (χ4n) is 3.12. The predicted octanol–water partition coefficient (Wildman–Crippen LogP) is 4.22. The zero-order chi connectivity index (χ0) is 17.5. The van der Waals surface area contributed by atoms with Crippen molar-refractivity contribution < 1.29 is 9.53 Å². The molecule has 4 nitrogen and oxygen atoms in total. The van der Waals surface area contributed by atoms with E-state index < -0.39 is 0 Å². The Morgan fingerprint density at radius 3 is 2.62 bits per heavy atom. The van der Waals surface area contributed by atoms with E-state index in [4.69, 9.17) is 4.74 Å². The molecule has 1 unspecified atom stereocenters. The van der Waals surface area contributed by atoms with Gasteiger partial charge < -0.3 is 15.4 Å². The fourth-order valence-corrected chi connectivity index (χ4v) is 3.12. The SMILES string of the molecule is Cc1ccccc1Oc1ccccc1CNC(=O)CCC1CCNC1.Cl. The van der Waals surface area contributed by atoms with Gasteiger partial charge in [-0.15, -0.1) is 12.4 Å². The Bertz CT molecular complexity index is 715. The minimum absolute atomic E-state index is 0. The standard InChI is InChI=1S/C21H26N2O2.ClH/c1-16-6-2-4-8-19(16)25-20-9-5-3-7-18(20)15-23-21(24)11-10-17-12-13-22-14-17;/h2-9,17,22H,10-15H2,1H3,(H,23,24);1H. The van der Waals surface area contributed by atoms with Crippen molar-refractivity contribution in [2.24, 2.45) is 5.92 Å². The summed E-state index contributed by atoms with van der Waals surface area (Å²) >= 11 is 0. The Morgan fingerprint density at radius 1 is 1.15 bits per heavy atom. The minimum Gasteiger partial charge on any atom is -0.457 e. The largest absolute Gasteiger partial charge is 0.457 e. The highest BCUT2D eigenvalue weighted by atomic mass is 35.5. The number of nitrogens with one attached hydrogen (secondary N) is 2. The van der Waals surface area contributed by atoms with Gasteiger partial charge in [0, 0.05) is 18.5 Å². The topological polar surface area (TPSA) is 50.4 Å². The fraction of sp³-hybridized carbons (Fsp3) is 0.381. The van der Waals surface area contributed by atoms with Crippen LogP contribution in [0.25, 0.3) is 0 Å². The van der Waals surface area contributed by atoms with E-state index in [0.717, 1.165) is 42.1 Å². The van der Waals surface area contributed by atoms with Crippen LogP contribution in [0.1, 0.15) is 30.4 Å². The summed E-state index contributed by atoms with van der Waals surface area (Å²) in [6.45, 7) is 4.64. The van der Waals surface area contributed by atoms with Crippen molar-refractivity contribution >= 4 is 18.3 Å². The second-order valence-electron chi connectivity index (χ2n) is 6.65. The van der Waals surface area contributed by atoms with Crippen LogP contribution >= 0.6 is 12.4 Å². The molecule has 0 saturated carbocycles. The van der Waals surface area contributed by atoms with Crippen LogP contribution in [0.15, 0.2) is 48.5 Å². The number of amides is 1. The van der Waals surface area contributed by atoms with Crippen LogP contribution in [0.4, 0.5) is 0 Å². The van der Waals surface area contributed by atoms with E-state index in [1.54, 1.807) is 0 Å². The van der Waals surface area contributed by atoms with Crippen molar-refractivity contribution in [1.82, 2.24) is 10.6 Å². The van der Waals surface area contributed by atoms with Gasteiger partial charge in [-0.3, -0.25) is 4.79 Å². The van der Waals surface area contributed by atoms with Crippen molar-refractivity contribution in [1.29, 1.82) is 0 Å². The Morgan fingerprint density at radius 2 is 1.88 bits per heavy atom. The molecular formula is C21H27ClN2O2. The maximum atomic E-state index is 12.1. The van der Waals surface area contributed by atoms with Gasteiger partial charge in [0.25, 0.3) is 0 Å². The summed E-state index contributed by atoms with van der Waals surface area (Å²) in [6, 6.07) is 15.8. The number of halogens is 1. The third-order valence-electron chi connectivity index (χ3n) is 4.70. The van der Waals surface area contributed by atoms with Crippen LogP contribution in [-0.2, 0) is 11.3 Å². The molecule has 2 aromatic rings. The van der Waals surface area contributed by atoms with Gasteiger partial charge in [0.1, 0.15) is 11.5 Å². The first-order chi connectivity index (χ1) is 12.2. The highest BCUT2D eigenvalue weighted by molar-refractivity contribution is 5.85. The van der Waals surface area contributed by atoms with Gasteiger partial charge in [-0.25, -0.2) is 0 Å². The van der Waals surface area contributed by atoms with E-state index in [9.17, 15) is 4.79 Å². The van der Waals surface area contributed by atoms with Gasteiger partial charge in [-0.1, -0.05) is 36.4 Å². The van der Waals surface area contributed by atoms with Crippen LogP contribution in [0.5, 0.6) is 11.5 Å². The molecule has 140 valence electrons. The van der Waals surface area contributed by atoms with E-state index in [1.165, 1.54) is 6.42 Å². The van der Waals surface area contributed by atoms with Crippen LogP contribution in [0.2, 0.25) is 0 Å². The van der Waals surface area contributed by atoms with Crippen LogP contribution in [0, 0.1) is 12.8 Å². The van der Waals surface area contributed by atoms with Crippen molar-refractivity contribution in [2.45, 2.75) is 32.7 Å². The molecule has 0 radical (unpaired) electrons. The molecule has 1 atom stereocenters. The Kier molecular flexibility index (Phi) is 7.95.